The molecule has 16 heavy (non-hydrogen) atoms. The van der Waals surface area contributed by atoms with Crippen molar-refractivity contribution >= 4 is 0 Å². The van der Waals surface area contributed by atoms with Crippen LogP contribution in [0.5, 0.6) is 5.75 Å². The minimum atomic E-state index is 0.867. The van der Waals surface area contributed by atoms with Gasteiger partial charge in [0.25, 0.3) is 0 Å². The maximum atomic E-state index is 5.74. The van der Waals surface area contributed by atoms with Crippen LogP contribution in [-0.4, -0.2) is 7.05 Å². The van der Waals surface area contributed by atoms with Crippen molar-refractivity contribution in [1.29, 1.82) is 0 Å². The third kappa shape index (κ3) is 2.76. The summed E-state index contributed by atoms with van der Waals surface area (Å²) in [5.41, 5.74) is 1.11. The van der Waals surface area contributed by atoms with Crippen molar-refractivity contribution in [2.45, 2.75) is 6.42 Å². The van der Waals surface area contributed by atoms with E-state index < -0.39 is 0 Å². The van der Waals surface area contributed by atoms with Gasteiger partial charge in [-0.25, -0.2) is 0 Å². The SMILES string of the molecule is CNC1=CCC=C(Oc2ccccc2)C=C1. The third-order valence-electron chi connectivity index (χ3n) is 2.35. The zero-order valence-electron chi connectivity index (χ0n) is 9.31. The Bertz CT molecular complexity index is 429. The molecule has 0 unspecified atom stereocenters. The maximum absolute atomic E-state index is 5.74. The Hall–Kier alpha value is -1.96. The van der Waals surface area contributed by atoms with Crippen LogP contribution in [0.1, 0.15) is 6.42 Å². The number of hydrogen-bond donors (Lipinski definition) is 1. The van der Waals surface area contributed by atoms with Gasteiger partial charge in [-0.2, -0.15) is 0 Å². The molecule has 0 aliphatic heterocycles. The van der Waals surface area contributed by atoms with Crippen LogP contribution in [0.25, 0.3) is 0 Å². The predicted molar refractivity (Wildman–Crippen MR) is 66.1 cm³/mol. The van der Waals surface area contributed by atoms with Crippen LogP contribution in [-0.2, 0) is 0 Å². The summed E-state index contributed by atoms with van der Waals surface area (Å²) in [5.74, 6) is 1.75. The van der Waals surface area contributed by atoms with E-state index in [9.17, 15) is 0 Å². The topological polar surface area (TPSA) is 21.3 Å². The second kappa shape index (κ2) is 5.21. The standard InChI is InChI=1S/C14H15NO/c1-15-12-6-5-9-14(11-10-12)16-13-7-3-2-4-8-13/h2-4,6-11,15H,5H2,1H3. The van der Waals surface area contributed by atoms with Crippen LogP contribution in [0.2, 0.25) is 0 Å². The van der Waals surface area contributed by atoms with Crippen LogP contribution >= 0.6 is 0 Å². The smallest absolute Gasteiger partial charge is 0.127 e. The number of ether oxygens (including phenoxy) is 1. The number of likely N-dealkylation sites (N-methyl/N-ethyl adjacent to an activating group) is 1. The molecule has 1 aromatic rings. The second-order valence-electron chi connectivity index (χ2n) is 3.50. The minimum Gasteiger partial charge on any atom is -0.458 e. The highest BCUT2D eigenvalue weighted by atomic mass is 16.5. The van der Waals surface area contributed by atoms with Gasteiger partial charge >= 0.3 is 0 Å². The van der Waals surface area contributed by atoms with E-state index in [1.165, 1.54) is 0 Å². The van der Waals surface area contributed by atoms with E-state index in [-0.39, 0.29) is 0 Å². The van der Waals surface area contributed by atoms with E-state index >= 15 is 0 Å². The first-order chi connectivity index (χ1) is 7.88. The van der Waals surface area contributed by atoms with Crippen molar-refractivity contribution in [1.82, 2.24) is 5.32 Å². The molecule has 2 nitrogen and oxygen atoms in total. The molecule has 82 valence electrons. The summed E-state index contributed by atoms with van der Waals surface area (Å²) in [5, 5.41) is 3.11. The van der Waals surface area contributed by atoms with Gasteiger partial charge in [0.1, 0.15) is 11.5 Å². The third-order valence-corrected chi connectivity index (χ3v) is 2.35. The molecular formula is C14H15NO. The van der Waals surface area contributed by atoms with Gasteiger partial charge in [-0.15, -0.1) is 0 Å². The molecule has 0 spiro atoms. The first-order valence-corrected chi connectivity index (χ1v) is 5.37. The summed E-state index contributed by atoms with van der Waals surface area (Å²) in [4.78, 5) is 0. The zero-order valence-corrected chi connectivity index (χ0v) is 9.31. The van der Waals surface area contributed by atoms with Gasteiger partial charge in [0.05, 0.1) is 0 Å². The molecule has 0 atom stereocenters. The van der Waals surface area contributed by atoms with Gasteiger partial charge in [0, 0.05) is 12.7 Å². The van der Waals surface area contributed by atoms with Crippen molar-refractivity contribution < 1.29 is 4.74 Å². The Morgan fingerprint density at radius 3 is 2.62 bits per heavy atom. The van der Waals surface area contributed by atoms with E-state index in [4.69, 9.17) is 4.74 Å². The molecule has 1 aliphatic carbocycles. The lowest BCUT2D eigenvalue weighted by Crippen LogP contribution is -2.02. The number of allylic oxidation sites excluding steroid dienone is 4. The minimum absolute atomic E-state index is 0.867. The number of nitrogens with one attached hydrogen (secondary N) is 1. The van der Waals surface area contributed by atoms with Crippen LogP contribution < -0.4 is 10.1 Å². The Morgan fingerprint density at radius 1 is 1.06 bits per heavy atom. The molecule has 0 radical (unpaired) electrons. The molecule has 0 aromatic heterocycles. The Kier molecular flexibility index (Phi) is 3.44. The van der Waals surface area contributed by atoms with Crippen molar-refractivity contribution in [2.75, 3.05) is 7.05 Å². The first-order valence-electron chi connectivity index (χ1n) is 5.37. The summed E-state index contributed by atoms with van der Waals surface area (Å²) in [6.45, 7) is 0. The lowest BCUT2D eigenvalue weighted by molar-refractivity contribution is 0.443. The maximum Gasteiger partial charge on any atom is 0.127 e. The van der Waals surface area contributed by atoms with E-state index in [2.05, 4.69) is 17.5 Å². The van der Waals surface area contributed by atoms with Gasteiger partial charge in [-0.3, -0.25) is 0 Å². The van der Waals surface area contributed by atoms with Crippen LogP contribution in [0.4, 0.5) is 0 Å². The quantitative estimate of drug-likeness (QED) is 0.833. The summed E-state index contributed by atoms with van der Waals surface area (Å²) < 4.78 is 5.74. The lowest BCUT2D eigenvalue weighted by atomic mass is 10.3. The first kappa shape index (κ1) is 10.6. The number of benzene rings is 1. The average Bonchev–Trinajstić information content (AvgIpc) is 2.56. The summed E-state index contributed by atoms with van der Waals surface area (Å²) in [7, 11) is 1.92. The molecule has 1 aromatic carbocycles. The Balaban J connectivity index is 2.05. The highest BCUT2D eigenvalue weighted by molar-refractivity contribution is 5.32. The molecular weight excluding hydrogens is 198 g/mol. The molecule has 1 aliphatic rings. The van der Waals surface area contributed by atoms with Gasteiger partial charge in [-0.05, 0) is 36.8 Å². The van der Waals surface area contributed by atoms with Gasteiger partial charge < -0.3 is 10.1 Å². The fraction of sp³-hybridized carbons (Fsp3) is 0.143. The van der Waals surface area contributed by atoms with Crippen LogP contribution in [0.15, 0.2) is 66.1 Å². The van der Waals surface area contributed by atoms with Crippen molar-refractivity contribution in [3.63, 3.8) is 0 Å². The molecule has 0 fully saturated rings. The van der Waals surface area contributed by atoms with E-state index in [0.29, 0.717) is 0 Å². The monoisotopic (exact) mass is 213 g/mol. The van der Waals surface area contributed by atoms with Gasteiger partial charge in [-0.1, -0.05) is 24.3 Å². The highest BCUT2D eigenvalue weighted by Crippen LogP contribution is 2.16. The van der Waals surface area contributed by atoms with Crippen molar-refractivity contribution in [3.8, 4) is 5.75 Å². The predicted octanol–water partition coefficient (Wildman–Crippen LogP) is 3.01. The molecule has 0 heterocycles. The highest BCUT2D eigenvalue weighted by Gasteiger charge is 1.99. The lowest BCUT2D eigenvalue weighted by Gasteiger charge is -2.05. The molecule has 2 heteroatoms. The zero-order chi connectivity index (χ0) is 11.2. The number of para-hydroxylation sites is 1. The van der Waals surface area contributed by atoms with Crippen molar-refractivity contribution in [3.05, 3.63) is 66.1 Å². The average molecular weight is 213 g/mol. The molecule has 1 N–H and O–H groups in total. The van der Waals surface area contributed by atoms with E-state index in [1.807, 2.05) is 49.5 Å². The molecule has 0 saturated carbocycles. The normalized spacial score (nSPS) is 14.8. The fourth-order valence-electron chi connectivity index (χ4n) is 1.50. The number of hydrogen-bond acceptors (Lipinski definition) is 2. The Morgan fingerprint density at radius 2 is 1.88 bits per heavy atom. The van der Waals surface area contributed by atoms with E-state index in [1.54, 1.807) is 0 Å². The van der Waals surface area contributed by atoms with E-state index in [0.717, 1.165) is 23.6 Å². The molecule has 0 bridgehead atoms. The number of rotatable bonds is 3. The van der Waals surface area contributed by atoms with Gasteiger partial charge in [0.15, 0.2) is 0 Å². The largest absolute Gasteiger partial charge is 0.458 e. The molecule has 2 rings (SSSR count). The fourth-order valence-corrected chi connectivity index (χ4v) is 1.50. The van der Waals surface area contributed by atoms with Crippen molar-refractivity contribution in [2.24, 2.45) is 0 Å². The Labute approximate surface area is 95.9 Å². The van der Waals surface area contributed by atoms with Crippen LogP contribution in [0.3, 0.4) is 0 Å². The molecule has 0 saturated heterocycles. The molecule has 0 amide bonds. The summed E-state index contributed by atoms with van der Waals surface area (Å²) >= 11 is 0. The second-order valence-corrected chi connectivity index (χ2v) is 3.50. The summed E-state index contributed by atoms with van der Waals surface area (Å²) in [6.07, 6.45) is 9.06. The van der Waals surface area contributed by atoms with Crippen LogP contribution in [0, 0.1) is 0 Å². The van der Waals surface area contributed by atoms with Gasteiger partial charge in [0.2, 0.25) is 0 Å². The summed E-state index contributed by atoms with van der Waals surface area (Å²) in [6, 6.07) is 9.81.